The Morgan fingerprint density at radius 3 is 2.71 bits per heavy atom. The molecule has 11 heteroatoms. The molecule has 35 heavy (non-hydrogen) atoms. The Kier molecular flexibility index (Phi) is 5.89. The van der Waals surface area contributed by atoms with E-state index in [1.807, 2.05) is 6.92 Å². The molecule has 1 aromatic carbocycles. The molecular formula is C24H21F2N5O4. The number of carbonyl (C=O) groups is 1. The van der Waals surface area contributed by atoms with Gasteiger partial charge in [-0.15, -0.1) is 0 Å². The van der Waals surface area contributed by atoms with E-state index in [4.69, 9.17) is 9.26 Å². The van der Waals surface area contributed by atoms with Crippen LogP contribution < -0.4 is 10.3 Å². The molecule has 4 heterocycles. The number of carbonyl (C=O) groups excluding carboxylic acids is 1. The number of alkyl halides is 2. The number of ether oxygens (including phenoxy) is 1. The van der Waals surface area contributed by atoms with Gasteiger partial charge < -0.3 is 23.3 Å². The van der Waals surface area contributed by atoms with E-state index in [-0.39, 0.29) is 30.4 Å². The van der Waals surface area contributed by atoms with Gasteiger partial charge >= 0.3 is 0 Å². The van der Waals surface area contributed by atoms with Gasteiger partial charge in [-0.05, 0) is 31.2 Å². The summed E-state index contributed by atoms with van der Waals surface area (Å²) in [6.07, 6.45) is 0.586. The van der Waals surface area contributed by atoms with E-state index in [1.165, 1.54) is 10.6 Å². The largest absolute Gasteiger partial charge is 0.491 e. The fourth-order valence-electron chi connectivity index (χ4n) is 4.00. The molecule has 0 radical (unpaired) electrons. The number of rotatable bonds is 7. The number of amides is 1. The van der Waals surface area contributed by atoms with Crippen molar-refractivity contribution in [3.63, 3.8) is 0 Å². The molecule has 0 fully saturated rings. The fourth-order valence-corrected chi connectivity index (χ4v) is 4.00. The highest BCUT2D eigenvalue weighted by Crippen LogP contribution is 2.32. The maximum absolute atomic E-state index is 13.0. The first kappa shape index (κ1) is 22.5. The van der Waals surface area contributed by atoms with Gasteiger partial charge in [0.1, 0.15) is 29.4 Å². The number of nitrogens with zero attached hydrogens (tertiary/aromatic N) is 5. The highest BCUT2D eigenvalue weighted by atomic mass is 19.3. The standard InChI is InChI=1S/C24H21F2N5O4/c1-15-13-30(14-27-15)18-6-7-19-23(32)29(8-9-31(19)24(18)33)10-11-34-20-5-3-2-4-16(20)21-12-17(22(25)26)28-35-21/h2-7,12-14,22H,8-11H2,1H3. The second-order valence-electron chi connectivity index (χ2n) is 8.04. The van der Waals surface area contributed by atoms with E-state index in [0.29, 0.717) is 35.8 Å². The van der Waals surface area contributed by atoms with Gasteiger partial charge in [-0.3, -0.25) is 9.59 Å². The van der Waals surface area contributed by atoms with Crippen molar-refractivity contribution in [1.29, 1.82) is 0 Å². The molecular weight excluding hydrogens is 460 g/mol. The summed E-state index contributed by atoms with van der Waals surface area (Å²) in [5.41, 5.74) is 1.30. The average Bonchev–Trinajstić information content (AvgIpc) is 3.51. The molecule has 0 unspecified atom stereocenters. The summed E-state index contributed by atoms with van der Waals surface area (Å²) in [4.78, 5) is 31.7. The molecule has 0 N–H and O–H groups in total. The minimum absolute atomic E-state index is 0.162. The van der Waals surface area contributed by atoms with Crippen molar-refractivity contribution in [1.82, 2.24) is 24.2 Å². The van der Waals surface area contributed by atoms with Crippen LogP contribution in [0, 0.1) is 6.92 Å². The molecule has 0 atom stereocenters. The smallest absolute Gasteiger partial charge is 0.283 e. The normalized spacial score (nSPS) is 13.4. The van der Waals surface area contributed by atoms with Crippen molar-refractivity contribution in [2.45, 2.75) is 19.9 Å². The van der Waals surface area contributed by atoms with Crippen molar-refractivity contribution in [3.05, 3.63) is 82.4 Å². The molecule has 180 valence electrons. The second kappa shape index (κ2) is 9.16. The number of imidazole rings is 1. The number of aryl methyl sites for hydroxylation is 1. The lowest BCUT2D eigenvalue weighted by molar-refractivity contribution is 0.0673. The van der Waals surface area contributed by atoms with Crippen LogP contribution in [0.5, 0.6) is 5.75 Å². The molecule has 4 aromatic rings. The number of hydrogen-bond acceptors (Lipinski definition) is 6. The average molecular weight is 481 g/mol. The Bertz CT molecular complexity index is 1440. The molecule has 1 amide bonds. The number of fused-ring (bicyclic) bond motifs is 1. The van der Waals surface area contributed by atoms with Gasteiger partial charge in [0, 0.05) is 25.4 Å². The van der Waals surface area contributed by atoms with Crippen LogP contribution in [0.25, 0.3) is 17.0 Å². The summed E-state index contributed by atoms with van der Waals surface area (Å²) in [6, 6.07) is 11.3. The first-order valence-electron chi connectivity index (χ1n) is 10.9. The SMILES string of the molecule is Cc1cn(-c2ccc3n(c2=O)CCN(CCOc2ccccc2-c2cc(C(F)F)no2)C3=O)cn1. The Labute approximate surface area is 198 Å². The maximum Gasteiger partial charge on any atom is 0.283 e. The molecule has 3 aromatic heterocycles. The predicted molar refractivity (Wildman–Crippen MR) is 121 cm³/mol. The number of pyridine rings is 1. The zero-order valence-electron chi connectivity index (χ0n) is 18.7. The summed E-state index contributed by atoms with van der Waals surface area (Å²) < 4.78 is 39.8. The van der Waals surface area contributed by atoms with Crippen molar-refractivity contribution < 1.29 is 22.8 Å². The van der Waals surface area contributed by atoms with Crippen LogP contribution in [-0.2, 0) is 6.54 Å². The molecule has 0 saturated heterocycles. The van der Waals surface area contributed by atoms with Crippen LogP contribution in [0.15, 0.2) is 64.3 Å². The quantitative estimate of drug-likeness (QED) is 0.401. The third-order valence-electron chi connectivity index (χ3n) is 5.77. The third kappa shape index (κ3) is 4.32. The van der Waals surface area contributed by atoms with E-state index >= 15 is 0 Å². The van der Waals surface area contributed by atoms with Gasteiger partial charge in [-0.1, -0.05) is 17.3 Å². The van der Waals surface area contributed by atoms with Crippen molar-refractivity contribution >= 4 is 5.91 Å². The number of hydrogen-bond donors (Lipinski definition) is 0. The summed E-state index contributed by atoms with van der Waals surface area (Å²) in [7, 11) is 0. The second-order valence-corrected chi connectivity index (χ2v) is 8.04. The Morgan fingerprint density at radius 1 is 1.14 bits per heavy atom. The van der Waals surface area contributed by atoms with Crippen LogP contribution >= 0.6 is 0 Å². The molecule has 0 aliphatic carbocycles. The van der Waals surface area contributed by atoms with Gasteiger partial charge in [0.05, 0.1) is 24.1 Å². The molecule has 0 bridgehead atoms. The Balaban J connectivity index is 1.28. The molecule has 1 aliphatic heterocycles. The minimum atomic E-state index is -2.73. The number of aromatic nitrogens is 4. The predicted octanol–water partition coefficient (Wildman–Crippen LogP) is 3.47. The molecule has 5 rings (SSSR count). The van der Waals surface area contributed by atoms with Crippen LogP contribution in [0.1, 0.15) is 28.3 Å². The van der Waals surface area contributed by atoms with Crippen LogP contribution in [0.4, 0.5) is 8.78 Å². The first-order chi connectivity index (χ1) is 16.9. The van der Waals surface area contributed by atoms with Crippen molar-refractivity contribution in [3.8, 4) is 22.8 Å². The van der Waals surface area contributed by atoms with E-state index in [9.17, 15) is 18.4 Å². The first-order valence-corrected chi connectivity index (χ1v) is 10.9. The highest BCUT2D eigenvalue weighted by Gasteiger charge is 2.26. The van der Waals surface area contributed by atoms with E-state index < -0.39 is 12.1 Å². The Hall–Kier alpha value is -4.28. The number of halogens is 2. The highest BCUT2D eigenvalue weighted by molar-refractivity contribution is 5.93. The lowest BCUT2D eigenvalue weighted by Gasteiger charge is -2.29. The van der Waals surface area contributed by atoms with E-state index in [2.05, 4.69) is 10.1 Å². The zero-order chi connectivity index (χ0) is 24.5. The monoisotopic (exact) mass is 481 g/mol. The van der Waals surface area contributed by atoms with Gasteiger partial charge in [-0.2, -0.15) is 0 Å². The van der Waals surface area contributed by atoms with E-state index in [1.54, 1.807) is 58.4 Å². The third-order valence-corrected chi connectivity index (χ3v) is 5.77. The Morgan fingerprint density at radius 2 is 1.97 bits per heavy atom. The van der Waals surface area contributed by atoms with Crippen LogP contribution in [-0.4, -0.2) is 49.8 Å². The van der Waals surface area contributed by atoms with Gasteiger partial charge in [0.15, 0.2) is 5.76 Å². The summed E-state index contributed by atoms with van der Waals surface area (Å²) in [6.45, 7) is 2.98. The van der Waals surface area contributed by atoms with Gasteiger partial charge in [0.2, 0.25) is 0 Å². The number of para-hydroxylation sites is 1. The molecule has 0 spiro atoms. The molecule has 1 aliphatic rings. The summed E-state index contributed by atoms with van der Waals surface area (Å²) >= 11 is 0. The zero-order valence-corrected chi connectivity index (χ0v) is 18.7. The maximum atomic E-state index is 13.0. The minimum Gasteiger partial charge on any atom is -0.491 e. The molecule has 0 saturated carbocycles. The van der Waals surface area contributed by atoms with Gasteiger partial charge in [0.25, 0.3) is 17.9 Å². The van der Waals surface area contributed by atoms with E-state index in [0.717, 1.165) is 5.69 Å². The van der Waals surface area contributed by atoms with Crippen LogP contribution in [0.3, 0.4) is 0 Å². The van der Waals surface area contributed by atoms with Crippen LogP contribution in [0.2, 0.25) is 0 Å². The van der Waals surface area contributed by atoms with Gasteiger partial charge in [-0.25, -0.2) is 13.8 Å². The number of benzene rings is 1. The van der Waals surface area contributed by atoms with Crippen molar-refractivity contribution in [2.75, 3.05) is 19.7 Å². The fraction of sp³-hybridized carbons (Fsp3) is 0.250. The lowest BCUT2D eigenvalue weighted by Crippen LogP contribution is -2.46. The van der Waals surface area contributed by atoms with Crippen molar-refractivity contribution in [2.24, 2.45) is 0 Å². The lowest BCUT2D eigenvalue weighted by atomic mass is 10.1. The summed E-state index contributed by atoms with van der Waals surface area (Å²) in [5.74, 6) is 0.323. The topological polar surface area (TPSA) is 95.4 Å². The molecule has 9 nitrogen and oxygen atoms in total. The summed E-state index contributed by atoms with van der Waals surface area (Å²) in [5, 5.41) is 3.39.